The van der Waals surface area contributed by atoms with Gasteiger partial charge in [-0.1, -0.05) is 29.5 Å². The Bertz CT molecular complexity index is 1030. The number of nitrogens with one attached hydrogen (secondary N) is 2. The van der Waals surface area contributed by atoms with Gasteiger partial charge < -0.3 is 9.88 Å². The first-order valence-electron chi connectivity index (χ1n) is 7.85. The summed E-state index contributed by atoms with van der Waals surface area (Å²) >= 11 is 1.44. The van der Waals surface area contributed by atoms with E-state index in [-0.39, 0.29) is 5.91 Å². The molecule has 0 aliphatic carbocycles. The Morgan fingerprint density at radius 2 is 2.24 bits per heavy atom. The number of carbonyl (C=O) groups excluding carboxylic acids is 1. The molecular formula is C17H18N4O2S2. The van der Waals surface area contributed by atoms with Crippen LogP contribution in [0.3, 0.4) is 0 Å². The van der Waals surface area contributed by atoms with Crippen molar-refractivity contribution in [2.24, 2.45) is 0 Å². The van der Waals surface area contributed by atoms with Crippen molar-refractivity contribution in [3.8, 4) is 0 Å². The summed E-state index contributed by atoms with van der Waals surface area (Å²) in [5, 5.41) is 1.63. The van der Waals surface area contributed by atoms with E-state index in [2.05, 4.69) is 20.6 Å². The lowest BCUT2D eigenvalue weighted by Gasteiger charge is -2.25. The lowest BCUT2D eigenvalue weighted by Crippen LogP contribution is -2.35. The van der Waals surface area contributed by atoms with Crippen LogP contribution in [0, 0.1) is 0 Å². The number of H-pyrrole nitrogens is 1. The van der Waals surface area contributed by atoms with Crippen LogP contribution in [-0.2, 0) is 22.7 Å². The summed E-state index contributed by atoms with van der Waals surface area (Å²) < 4.78 is 14.6. The number of benzene rings is 1. The fourth-order valence-electron chi connectivity index (χ4n) is 2.96. The number of anilines is 1. The van der Waals surface area contributed by atoms with Crippen LogP contribution in [0.1, 0.15) is 21.1 Å². The van der Waals surface area contributed by atoms with E-state index in [1.54, 1.807) is 6.26 Å². The fraction of sp³-hybridized carbons (Fsp3) is 0.235. The topological polar surface area (TPSA) is 78.1 Å². The first kappa shape index (κ1) is 16.2. The maximum atomic E-state index is 12.8. The SMILES string of the molecule is C=S(C)(=O)Nc1nc2c(s1)CN(C(=O)c1cc3ccccc3[nH]1)CC2. The van der Waals surface area contributed by atoms with Gasteiger partial charge >= 0.3 is 0 Å². The van der Waals surface area contributed by atoms with E-state index in [4.69, 9.17) is 0 Å². The van der Waals surface area contributed by atoms with Gasteiger partial charge in [0.25, 0.3) is 5.91 Å². The molecule has 2 N–H and O–H groups in total. The van der Waals surface area contributed by atoms with Crippen molar-refractivity contribution in [1.82, 2.24) is 14.9 Å². The van der Waals surface area contributed by atoms with Crippen LogP contribution in [0.5, 0.6) is 0 Å². The van der Waals surface area contributed by atoms with Crippen molar-refractivity contribution >= 4 is 48.9 Å². The molecule has 0 saturated carbocycles. The van der Waals surface area contributed by atoms with Crippen molar-refractivity contribution in [3.63, 3.8) is 0 Å². The van der Waals surface area contributed by atoms with Gasteiger partial charge in [0.15, 0.2) is 5.13 Å². The highest BCUT2D eigenvalue weighted by Gasteiger charge is 2.26. The maximum Gasteiger partial charge on any atom is 0.270 e. The first-order chi connectivity index (χ1) is 11.9. The summed E-state index contributed by atoms with van der Waals surface area (Å²) in [6.07, 6.45) is 2.24. The van der Waals surface area contributed by atoms with Gasteiger partial charge in [0.1, 0.15) is 5.69 Å². The Labute approximate surface area is 150 Å². The highest BCUT2D eigenvalue weighted by Crippen LogP contribution is 2.29. The second-order valence-corrected chi connectivity index (χ2v) is 9.54. The van der Waals surface area contributed by atoms with E-state index in [0.29, 0.717) is 30.3 Å². The van der Waals surface area contributed by atoms with Crippen molar-refractivity contribution in [3.05, 3.63) is 46.6 Å². The number of aromatic amines is 1. The molecule has 4 rings (SSSR count). The minimum absolute atomic E-state index is 0.0128. The number of hydrogen-bond donors (Lipinski definition) is 2. The molecule has 0 saturated heterocycles. The summed E-state index contributed by atoms with van der Waals surface area (Å²) in [4.78, 5) is 23.3. The first-order valence-corrected chi connectivity index (χ1v) is 10.8. The summed E-state index contributed by atoms with van der Waals surface area (Å²) in [6.45, 7) is 1.14. The van der Waals surface area contributed by atoms with E-state index in [9.17, 15) is 9.00 Å². The smallest absolute Gasteiger partial charge is 0.270 e. The zero-order valence-corrected chi connectivity index (χ0v) is 15.4. The van der Waals surface area contributed by atoms with Crippen LogP contribution in [0.15, 0.2) is 30.3 Å². The van der Waals surface area contributed by atoms with Gasteiger partial charge in [-0.15, -0.1) is 0 Å². The molecule has 0 bridgehead atoms. The van der Waals surface area contributed by atoms with Crippen LogP contribution < -0.4 is 4.72 Å². The number of amides is 1. The lowest BCUT2D eigenvalue weighted by molar-refractivity contribution is 0.0731. The zero-order valence-electron chi connectivity index (χ0n) is 13.7. The minimum atomic E-state index is -2.35. The van der Waals surface area contributed by atoms with Crippen molar-refractivity contribution in [2.75, 3.05) is 17.5 Å². The molecule has 1 unspecified atom stereocenters. The molecule has 8 heteroatoms. The standard InChI is InChI=1S/C17H18N4O2S2/c1-25(2,23)20-17-19-13-7-8-21(10-15(13)24-17)16(22)14-9-11-5-3-4-6-12(11)18-14/h3-6,9,18H,1,7-8,10H2,2H3,(H,19,20,23). The largest absolute Gasteiger partial charge is 0.351 e. The number of fused-ring (bicyclic) bond motifs is 2. The molecule has 1 amide bonds. The maximum absolute atomic E-state index is 12.8. The third kappa shape index (κ3) is 3.27. The second-order valence-electron chi connectivity index (χ2n) is 6.24. The van der Waals surface area contributed by atoms with Gasteiger partial charge in [-0.25, -0.2) is 9.19 Å². The van der Waals surface area contributed by atoms with Gasteiger partial charge in [-0.2, -0.15) is 0 Å². The number of aromatic nitrogens is 2. The molecule has 3 heterocycles. The molecule has 130 valence electrons. The number of nitrogens with zero attached hydrogens (tertiary/aromatic N) is 2. The number of para-hydroxylation sites is 1. The van der Waals surface area contributed by atoms with Gasteiger partial charge in [0, 0.05) is 44.7 Å². The lowest BCUT2D eigenvalue weighted by atomic mass is 10.1. The Morgan fingerprint density at radius 3 is 3.00 bits per heavy atom. The molecule has 0 radical (unpaired) electrons. The fourth-order valence-corrected chi connectivity index (χ4v) is 4.94. The van der Waals surface area contributed by atoms with E-state index >= 15 is 0 Å². The molecule has 1 atom stereocenters. The minimum Gasteiger partial charge on any atom is -0.351 e. The van der Waals surface area contributed by atoms with Gasteiger partial charge in [-0.3, -0.25) is 9.52 Å². The summed E-state index contributed by atoms with van der Waals surface area (Å²) in [6, 6.07) is 9.74. The summed E-state index contributed by atoms with van der Waals surface area (Å²) in [5.74, 6) is 3.58. The normalized spacial score (nSPS) is 16.4. The van der Waals surface area contributed by atoms with Gasteiger partial charge in [-0.05, 0) is 18.0 Å². The van der Waals surface area contributed by atoms with E-state index < -0.39 is 9.71 Å². The van der Waals surface area contributed by atoms with Crippen molar-refractivity contribution < 1.29 is 9.00 Å². The van der Waals surface area contributed by atoms with Crippen molar-refractivity contribution in [1.29, 1.82) is 0 Å². The van der Waals surface area contributed by atoms with Crippen LogP contribution in [-0.4, -0.2) is 43.7 Å². The molecule has 1 aliphatic heterocycles. The molecule has 1 aromatic carbocycles. The Kier molecular flexibility index (Phi) is 3.81. The zero-order chi connectivity index (χ0) is 17.6. The van der Waals surface area contributed by atoms with Gasteiger partial charge in [0.05, 0.1) is 12.2 Å². The predicted octanol–water partition coefficient (Wildman–Crippen LogP) is 2.50. The molecule has 1 aliphatic rings. The average molecular weight is 374 g/mol. The second kappa shape index (κ2) is 5.89. The summed E-state index contributed by atoms with van der Waals surface area (Å²) in [7, 11) is -2.35. The van der Waals surface area contributed by atoms with E-state index in [1.165, 1.54) is 11.3 Å². The van der Waals surface area contributed by atoms with Crippen LogP contribution >= 0.6 is 11.3 Å². The molecule has 0 fully saturated rings. The Balaban J connectivity index is 1.56. The number of hydrogen-bond acceptors (Lipinski definition) is 4. The van der Waals surface area contributed by atoms with Crippen LogP contribution in [0.25, 0.3) is 10.9 Å². The average Bonchev–Trinajstić information content (AvgIpc) is 3.14. The highest BCUT2D eigenvalue weighted by molar-refractivity contribution is 8.01. The number of rotatable bonds is 3. The monoisotopic (exact) mass is 374 g/mol. The molecule has 6 nitrogen and oxygen atoms in total. The third-order valence-electron chi connectivity index (χ3n) is 4.08. The quantitative estimate of drug-likeness (QED) is 0.692. The predicted molar refractivity (Wildman–Crippen MR) is 104 cm³/mol. The van der Waals surface area contributed by atoms with Crippen LogP contribution in [0.4, 0.5) is 5.13 Å². The van der Waals surface area contributed by atoms with Crippen molar-refractivity contribution in [2.45, 2.75) is 13.0 Å². The number of thiazole rings is 1. The molecule has 0 spiro atoms. The van der Waals surface area contributed by atoms with Crippen LogP contribution in [0.2, 0.25) is 0 Å². The van der Waals surface area contributed by atoms with E-state index in [0.717, 1.165) is 21.5 Å². The summed E-state index contributed by atoms with van der Waals surface area (Å²) in [5.41, 5.74) is 2.53. The van der Waals surface area contributed by atoms with E-state index in [1.807, 2.05) is 35.2 Å². The molecule has 2 aromatic heterocycles. The van der Waals surface area contributed by atoms with Gasteiger partial charge in [0.2, 0.25) is 0 Å². The highest BCUT2D eigenvalue weighted by atomic mass is 32.2. The Morgan fingerprint density at radius 1 is 1.44 bits per heavy atom. The Hall–Kier alpha value is -2.32. The third-order valence-corrected chi connectivity index (χ3v) is 5.83. The molecular weight excluding hydrogens is 356 g/mol. The molecule has 25 heavy (non-hydrogen) atoms. The molecule has 3 aromatic rings. The number of carbonyl (C=O) groups is 1.